The highest BCUT2D eigenvalue weighted by Gasteiger charge is 2.32. The lowest BCUT2D eigenvalue weighted by molar-refractivity contribution is 0.0785. The Bertz CT molecular complexity index is 1230. The first-order valence-corrected chi connectivity index (χ1v) is 10.3. The van der Waals surface area contributed by atoms with Crippen molar-refractivity contribution in [2.45, 2.75) is 25.9 Å². The van der Waals surface area contributed by atoms with Crippen LogP contribution in [0.3, 0.4) is 0 Å². The highest BCUT2D eigenvalue weighted by Crippen LogP contribution is 2.28. The molecule has 1 unspecified atom stereocenters. The van der Waals surface area contributed by atoms with E-state index in [2.05, 4.69) is 15.2 Å². The van der Waals surface area contributed by atoms with E-state index in [0.29, 0.717) is 30.5 Å². The normalized spacial score (nSPS) is 16.2. The number of aromatic nitrogens is 4. The summed E-state index contributed by atoms with van der Waals surface area (Å²) in [7, 11) is 1.85. The minimum atomic E-state index is -0.0641. The monoisotopic (exact) mass is 417 g/mol. The SMILES string of the molecule is Cc1ccc(OCc2nc(C3CCN(C(=O)c4nn(C)c5ccccc45)C3)no2)cc1. The van der Waals surface area contributed by atoms with Gasteiger partial charge in [-0.25, -0.2) is 0 Å². The van der Waals surface area contributed by atoms with Crippen LogP contribution in [0.4, 0.5) is 0 Å². The molecule has 8 nitrogen and oxygen atoms in total. The Hall–Kier alpha value is -3.68. The lowest BCUT2D eigenvalue weighted by Gasteiger charge is -2.14. The third-order valence-electron chi connectivity index (χ3n) is 5.67. The van der Waals surface area contributed by atoms with Crippen LogP contribution in [-0.4, -0.2) is 43.8 Å². The molecule has 1 aliphatic heterocycles. The van der Waals surface area contributed by atoms with Crippen molar-refractivity contribution in [1.82, 2.24) is 24.8 Å². The molecule has 2 aromatic heterocycles. The van der Waals surface area contributed by atoms with Gasteiger partial charge >= 0.3 is 0 Å². The van der Waals surface area contributed by atoms with Crippen LogP contribution in [0, 0.1) is 6.92 Å². The topological polar surface area (TPSA) is 86.3 Å². The van der Waals surface area contributed by atoms with E-state index in [1.807, 2.05) is 67.4 Å². The molecule has 2 aromatic carbocycles. The van der Waals surface area contributed by atoms with Crippen molar-refractivity contribution in [3.05, 3.63) is 71.5 Å². The van der Waals surface area contributed by atoms with Gasteiger partial charge in [0.25, 0.3) is 11.8 Å². The fourth-order valence-electron chi connectivity index (χ4n) is 3.95. The summed E-state index contributed by atoms with van der Waals surface area (Å²) >= 11 is 0. The average Bonchev–Trinajstić information content (AvgIpc) is 3.52. The second-order valence-electron chi connectivity index (χ2n) is 7.87. The molecule has 4 aromatic rings. The molecule has 8 heteroatoms. The molecule has 3 heterocycles. The van der Waals surface area contributed by atoms with Gasteiger partial charge < -0.3 is 14.2 Å². The van der Waals surface area contributed by atoms with E-state index < -0.39 is 0 Å². The second-order valence-corrected chi connectivity index (χ2v) is 7.87. The quantitative estimate of drug-likeness (QED) is 0.494. The molecule has 31 heavy (non-hydrogen) atoms. The number of benzene rings is 2. The van der Waals surface area contributed by atoms with Crippen molar-refractivity contribution in [2.24, 2.45) is 7.05 Å². The van der Waals surface area contributed by atoms with Crippen molar-refractivity contribution in [3.63, 3.8) is 0 Å². The first-order valence-electron chi connectivity index (χ1n) is 10.3. The zero-order valence-electron chi connectivity index (χ0n) is 17.5. The summed E-state index contributed by atoms with van der Waals surface area (Å²) in [4.78, 5) is 19.4. The van der Waals surface area contributed by atoms with Crippen molar-refractivity contribution in [1.29, 1.82) is 0 Å². The number of nitrogens with zero attached hydrogens (tertiary/aromatic N) is 5. The van der Waals surface area contributed by atoms with Gasteiger partial charge in [-0.3, -0.25) is 9.48 Å². The van der Waals surface area contributed by atoms with E-state index in [4.69, 9.17) is 9.26 Å². The van der Waals surface area contributed by atoms with Crippen LogP contribution in [0.15, 0.2) is 53.1 Å². The highest BCUT2D eigenvalue weighted by atomic mass is 16.5. The summed E-state index contributed by atoms with van der Waals surface area (Å²) in [5.41, 5.74) is 2.60. The van der Waals surface area contributed by atoms with Crippen LogP contribution in [0.5, 0.6) is 5.75 Å². The molecule has 1 atom stereocenters. The Labute approximate surface area is 179 Å². The minimum Gasteiger partial charge on any atom is -0.484 e. The van der Waals surface area contributed by atoms with E-state index in [1.54, 1.807) is 4.68 Å². The van der Waals surface area contributed by atoms with Gasteiger partial charge in [0.15, 0.2) is 18.1 Å². The summed E-state index contributed by atoms with van der Waals surface area (Å²) in [6, 6.07) is 15.6. The van der Waals surface area contributed by atoms with Gasteiger partial charge in [-0.2, -0.15) is 10.1 Å². The van der Waals surface area contributed by atoms with Crippen LogP contribution in [0.1, 0.15) is 40.1 Å². The zero-order chi connectivity index (χ0) is 21.4. The van der Waals surface area contributed by atoms with Gasteiger partial charge in [-0.1, -0.05) is 41.1 Å². The maximum Gasteiger partial charge on any atom is 0.275 e. The first kappa shape index (κ1) is 19.3. The smallest absolute Gasteiger partial charge is 0.275 e. The Balaban J connectivity index is 1.24. The molecule has 1 saturated heterocycles. The Kier molecular flexibility index (Phi) is 4.89. The molecule has 0 spiro atoms. The Morgan fingerprint density at radius 3 is 2.84 bits per heavy atom. The van der Waals surface area contributed by atoms with Crippen molar-refractivity contribution in [3.8, 4) is 5.75 Å². The van der Waals surface area contributed by atoms with Gasteiger partial charge in [-0.15, -0.1) is 0 Å². The lowest BCUT2D eigenvalue weighted by atomic mass is 10.1. The molecule has 0 radical (unpaired) electrons. The molecular weight excluding hydrogens is 394 g/mol. The van der Waals surface area contributed by atoms with Crippen molar-refractivity contribution >= 4 is 16.8 Å². The number of hydrogen-bond acceptors (Lipinski definition) is 6. The molecule has 0 aliphatic carbocycles. The van der Waals surface area contributed by atoms with Gasteiger partial charge in [0.1, 0.15) is 5.75 Å². The van der Waals surface area contributed by atoms with E-state index >= 15 is 0 Å². The molecule has 0 saturated carbocycles. The molecule has 0 bridgehead atoms. The van der Waals surface area contributed by atoms with Crippen LogP contribution in [0.2, 0.25) is 0 Å². The number of amides is 1. The number of likely N-dealkylation sites (tertiary alicyclic amines) is 1. The van der Waals surface area contributed by atoms with E-state index in [1.165, 1.54) is 5.56 Å². The van der Waals surface area contributed by atoms with Crippen LogP contribution in [-0.2, 0) is 13.7 Å². The van der Waals surface area contributed by atoms with E-state index in [0.717, 1.165) is 23.1 Å². The lowest BCUT2D eigenvalue weighted by Crippen LogP contribution is -2.29. The molecule has 1 amide bonds. The second kappa shape index (κ2) is 7.86. The number of fused-ring (bicyclic) bond motifs is 1. The Morgan fingerprint density at radius 2 is 2.00 bits per heavy atom. The average molecular weight is 417 g/mol. The molecule has 1 fully saturated rings. The third-order valence-corrected chi connectivity index (χ3v) is 5.67. The summed E-state index contributed by atoms with van der Waals surface area (Å²) < 4.78 is 12.8. The summed E-state index contributed by atoms with van der Waals surface area (Å²) in [6.45, 7) is 3.42. The summed E-state index contributed by atoms with van der Waals surface area (Å²) in [5, 5.41) is 9.44. The van der Waals surface area contributed by atoms with E-state index in [9.17, 15) is 4.79 Å². The standard InChI is InChI=1S/C23H23N5O3/c1-15-7-9-17(10-8-15)30-14-20-24-22(26-31-20)16-11-12-28(13-16)23(29)21-18-5-3-4-6-19(18)27(2)25-21/h3-10,16H,11-14H2,1-2H3. The van der Waals surface area contributed by atoms with Gasteiger partial charge in [-0.05, 0) is 31.5 Å². The molecule has 1 aliphatic rings. The number of hydrogen-bond donors (Lipinski definition) is 0. The Morgan fingerprint density at radius 1 is 1.19 bits per heavy atom. The number of para-hydroxylation sites is 1. The fraction of sp³-hybridized carbons (Fsp3) is 0.304. The van der Waals surface area contributed by atoms with E-state index in [-0.39, 0.29) is 18.4 Å². The maximum atomic E-state index is 13.1. The first-order chi connectivity index (χ1) is 15.1. The van der Waals surface area contributed by atoms with Crippen molar-refractivity contribution in [2.75, 3.05) is 13.1 Å². The van der Waals surface area contributed by atoms with Gasteiger partial charge in [0.2, 0.25) is 0 Å². The molecule has 5 rings (SSSR count). The number of aryl methyl sites for hydroxylation is 2. The highest BCUT2D eigenvalue weighted by molar-refractivity contribution is 6.04. The largest absolute Gasteiger partial charge is 0.484 e. The van der Waals surface area contributed by atoms with Gasteiger partial charge in [0.05, 0.1) is 5.52 Å². The van der Waals surface area contributed by atoms with Crippen molar-refractivity contribution < 1.29 is 14.1 Å². The number of carbonyl (C=O) groups excluding carboxylic acids is 1. The third kappa shape index (κ3) is 3.76. The fourth-order valence-corrected chi connectivity index (χ4v) is 3.95. The van der Waals surface area contributed by atoms with Gasteiger partial charge in [0, 0.05) is 31.4 Å². The minimum absolute atomic E-state index is 0.0378. The predicted octanol–water partition coefficient (Wildman–Crippen LogP) is 3.47. The van der Waals surface area contributed by atoms with Crippen LogP contribution < -0.4 is 4.74 Å². The zero-order valence-corrected chi connectivity index (χ0v) is 17.5. The molecule has 0 N–H and O–H groups in total. The number of rotatable bonds is 5. The van der Waals surface area contributed by atoms with Crippen LogP contribution in [0.25, 0.3) is 10.9 Å². The predicted molar refractivity (Wildman–Crippen MR) is 114 cm³/mol. The number of ether oxygens (including phenoxy) is 1. The molecule has 158 valence electrons. The number of carbonyl (C=O) groups is 1. The summed E-state index contributed by atoms with van der Waals surface area (Å²) in [6.07, 6.45) is 0.786. The van der Waals surface area contributed by atoms with Crippen LogP contribution >= 0.6 is 0 Å². The summed E-state index contributed by atoms with van der Waals surface area (Å²) in [5.74, 6) is 1.77. The maximum absolute atomic E-state index is 13.1. The molecular formula is C23H23N5O3.